The van der Waals surface area contributed by atoms with E-state index in [-0.39, 0.29) is 24.8 Å². The van der Waals surface area contributed by atoms with E-state index in [9.17, 15) is 18.8 Å². The van der Waals surface area contributed by atoms with Crippen molar-refractivity contribution in [3.8, 4) is 0 Å². The molecule has 2 aliphatic rings. The second-order valence-corrected chi connectivity index (χ2v) is 7.10. The molecule has 3 rings (SSSR count). The van der Waals surface area contributed by atoms with Crippen molar-refractivity contribution in [2.75, 3.05) is 18.4 Å². The molecule has 28 heavy (non-hydrogen) atoms. The van der Waals surface area contributed by atoms with Gasteiger partial charge in [-0.05, 0) is 42.7 Å². The fraction of sp³-hybridized carbons (Fsp3) is 0.350. The van der Waals surface area contributed by atoms with Crippen LogP contribution in [0, 0.1) is 17.7 Å². The van der Waals surface area contributed by atoms with Crippen LogP contribution in [-0.4, -0.2) is 52.5 Å². The maximum atomic E-state index is 13.0. The third-order valence-corrected chi connectivity index (χ3v) is 4.50. The second kappa shape index (κ2) is 8.24. The Labute approximate surface area is 162 Å². The summed E-state index contributed by atoms with van der Waals surface area (Å²) in [6.07, 6.45) is 5.48. The third-order valence-electron chi connectivity index (χ3n) is 4.50. The van der Waals surface area contributed by atoms with E-state index in [1.807, 2.05) is 13.8 Å². The SMILES string of the molecule is CC(C)CCN1C(=O)C2C=CC=NC2=[N+](CC(=O)Nc2ccc(F)cc2)C1=O. The number of nitrogens with zero attached hydrogens (tertiary/aromatic N) is 3. The van der Waals surface area contributed by atoms with Gasteiger partial charge in [0.15, 0.2) is 12.5 Å². The van der Waals surface area contributed by atoms with Crippen LogP contribution in [-0.2, 0) is 9.59 Å². The van der Waals surface area contributed by atoms with Gasteiger partial charge in [-0.3, -0.25) is 9.59 Å². The number of allylic oxidation sites excluding steroid dienone is 1. The summed E-state index contributed by atoms with van der Waals surface area (Å²) >= 11 is 0. The molecule has 8 heteroatoms. The summed E-state index contributed by atoms with van der Waals surface area (Å²) in [6.45, 7) is 4.01. The van der Waals surface area contributed by atoms with Crippen LogP contribution in [0.5, 0.6) is 0 Å². The van der Waals surface area contributed by atoms with Crippen LogP contribution in [0.2, 0.25) is 0 Å². The molecule has 0 saturated carbocycles. The number of hydrogen-bond donors (Lipinski definition) is 1. The molecule has 1 N–H and O–H groups in total. The lowest BCUT2D eigenvalue weighted by molar-refractivity contribution is -0.429. The minimum absolute atomic E-state index is 0.243. The number of urea groups is 1. The van der Waals surface area contributed by atoms with Crippen LogP contribution in [0.15, 0.2) is 41.4 Å². The maximum Gasteiger partial charge on any atom is 0.446 e. The zero-order valence-electron chi connectivity index (χ0n) is 15.8. The Kier molecular flexibility index (Phi) is 5.77. The van der Waals surface area contributed by atoms with Gasteiger partial charge in [-0.2, -0.15) is 9.48 Å². The number of fused-ring (bicyclic) bond motifs is 1. The average Bonchev–Trinajstić information content (AvgIpc) is 2.67. The molecule has 146 valence electrons. The van der Waals surface area contributed by atoms with Crippen molar-refractivity contribution in [2.45, 2.75) is 20.3 Å². The molecular formula is C20H22FN4O3+. The third kappa shape index (κ3) is 4.21. The van der Waals surface area contributed by atoms with Gasteiger partial charge in [0.05, 0.1) is 6.54 Å². The number of amides is 4. The topological polar surface area (TPSA) is 81.8 Å². The van der Waals surface area contributed by atoms with E-state index < -0.39 is 23.7 Å². The first-order chi connectivity index (χ1) is 13.4. The number of hydrogen-bond acceptors (Lipinski definition) is 4. The zero-order chi connectivity index (χ0) is 20.3. The fourth-order valence-electron chi connectivity index (χ4n) is 3.00. The molecule has 1 aromatic carbocycles. The molecule has 0 aliphatic carbocycles. The minimum atomic E-state index is -0.687. The molecule has 1 aromatic rings. The number of imide groups is 1. The molecule has 0 spiro atoms. The lowest BCUT2D eigenvalue weighted by Crippen LogP contribution is -2.56. The van der Waals surface area contributed by atoms with Crippen LogP contribution in [0.3, 0.4) is 0 Å². The number of dihydropyridines is 1. The predicted molar refractivity (Wildman–Crippen MR) is 103 cm³/mol. The van der Waals surface area contributed by atoms with E-state index >= 15 is 0 Å². The predicted octanol–water partition coefficient (Wildman–Crippen LogP) is 2.44. The summed E-state index contributed by atoms with van der Waals surface area (Å²) in [5.74, 6) is -1.33. The molecule has 0 aromatic heterocycles. The molecule has 7 nitrogen and oxygen atoms in total. The quantitative estimate of drug-likeness (QED) is 0.764. The Balaban J connectivity index is 1.83. The van der Waals surface area contributed by atoms with Crippen LogP contribution in [0.1, 0.15) is 20.3 Å². The smallest absolute Gasteiger partial charge is 0.323 e. The lowest BCUT2D eigenvalue weighted by Gasteiger charge is -2.27. The number of rotatable bonds is 6. The zero-order valence-corrected chi connectivity index (χ0v) is 15.8. The van der Waals surface area contributed by atoms with Crippen molar-refractivity contribution >= 4 is 35.6 Å². The van der Waals surface area contributed by atoms with Gasteiger partial charge < -0.3 is 5.32 Å². The Bertz CT molecular complexity index is 887. The van der Waals surface area contributed by atoms with Crippen molar-refractivity contribution in [3.05, 3.63) is 42.2 Å². The summed E-state index contributed by atoms with van der Waals surface area (Å²) in [5.41, 5.74) is 0.414. The monoisotopic (exact) mass is 385 g/mol. The summed E-state index contributed by atoms with van der Waals surface area (Å²) in [7, 11) is 0. The van der Waals surface area contributed by atoms with Crippen LogP contribution >= 0.6 is 0 Å². The van der Waals surface area contributed by atoms with E-state index in [1.54, 1.807) is 12.2 Å². The molecule has 4 amide bonds. The van der Waals surface area contributed by atoms with E-state index in [0.29, 0.717) is 18.0 Å². The number of aliphatic imine (C=N–C) groups is 1. The van der Waals surface area contributed by atoms with E-state index in [4.69, 9.17) is 0 Å². The highest BCUT2D eigenvalue weighted by molar-refractivity contribution is 6.15. The Morgan fingerprint density at radius 1 is 1.29 bits per heavy atom. The Hall–Kier alpha value is -3.16. The number of amidine groups is 1. The number of carbonyl (C=O) groups excluding carboxylic acids is 3. The molecular weight excluding hydrogens is 363 g/mol. The van der Waals surface area contributed by atoms with Crippen LogP contribution in [0.4, 0.5) is 14.9 Å². The Morgan fingerprint density at radius 3 is 2.68 bits per heavy atom. The highest BCUT2D eigenvalue weighted by Gasteiger charge is 2.46. The molecule has 2 aliphatic heterocycles. The van der Waals surface area contributed by atoms with Gasteiger partial charge >= 0.3 is 11.9 Å². The lowest BCUT2D eigenvalue weighted by atomic mass is 10.0. The van der Waals surface area contributed by atoms with E-state index in [0.717, 1.165) is 0 Å². The highest BCUT2D eigenvalue weighted by Crippen LogP contribution is 2.20. The molecule has 0 saturated heterocycles. The number of nitrogens with one attached hydrogen (secondary N) is 1. The number of anilines is 1. The number of halogens is 1. The van der Waals surface area contributed by atoms with Gasteiger partial charge in [-0.15, -0.1) is 4.99 Å². The molecule has 0 radical (unpaired) electrons. The summed E-state index contributed by atoms with van der Waals surface area (Å²) in [5, 5.41) is 2.62. The van der Waals surface area contributed by atoms with Crippen molar-refractivity contribution in [3.63, 3.8) is 0 Å². The van der Waals surface area contributed by atoms with Gasteiger partial charge in [0.25, 0.3) is 11.7 Å². The molecule has 0 fully saturated rings. The first-order valence-corrected chi connectivity index (χ1v) is 9.13. The van der Waals surface area contributed by atoms with Crippen molar-refractivity contribution in [1.82, 2.24) is 4.90 Å². The number of benzene rings is 1. The van der Waals surface area contributed by atoms with Crippen molar-refractivity contribution < 1.29 is 23.3 Å². The summed E-state index contributed by atoms with van der Waals surface area (Å²) in [6, 6.07) is 4.77. The normalized spacial score (nSPS) is 18.7. The minimum Gasteiger partial charge on any atom is -0.323 e. The van der Waals surface area contributed by atoms with Gasteiger partial charge in [-0.1, -0.05) is 19.9 Å². The maximum absolute atomic E-state index is 13.0. The van der Waals surface area contributed by atoms with Gasteiger partial charge in [0.1, 0.15) is 12.0 Å². The van der Waals surface area contributed by atoms with E-state index in [2.05, 4.69) is 10.3 Å². The fourth-order valence-corrected chi connectivity index (χ4v) is 3.00. The van der Waals surface area contributed by atoms with Gasteiger partial charge in [-0.25, -0.2) is 9.18 Å². The molecule has 1 unspecified atom stereocenters. The van der Waals surface area contributed by atoms with Gasteiger partial charge in [0.2, 0.25) is 0 Å². The van der Waals surface area contributed by atoms with Crippen molar-refractivity contribution in [2.24, 2.45) is 16.8 Å². The van der Waals surface area contributed by atoms with Crippen molar-refractivity contribution in [1.29, 1.82) is 0 Å². The molecule has 0 bridgehead atoms. The average molecular weight is 385 g/mol. The standard InChI is InChI=1S/C20H21FN4O3/c1-13(2)9-11-24-19(27)16-4-3-10-22-18(16)25(20(24)28)12-17(26)23-15-7-5-14(21)6-8-15/h3-8,10,13,16H,9,11-12H2,1-2H3/p+1. The molecule has 1 atom stereocenters. The highest BCUT2D eigenvalue weighted by atomic mass is 19.1. The van der Waals surface area contributed by atoms with E-state index in [1.165, 1.54) is 40.0 Å². The molecule has 2 heterocycles. The first kappa shape index (κ1) is 19.6. The Morgan fingerprint density at radius 2 is 2.00 bits per heavy atom. The largest absolute Gasteiger partial charge is 0.446 e. The first-order valence-electron chi connectivity index (χ1n) is 9.13. The van der Waals surface area contributed by atoms with Crippen LogP contribution in [0.25, 0.3) is 0 Å². The number of carbonyl (C=O) groups is 3. The summed E-state index contributed by atoms with van der Waals surface area (Å²) < 4.78 is 14.2. The second-order valence-electron chi connectivity index (χ2n) is 7.10. The van der Waals surface area contributed by atoms with Crippen LogP contribution < -0.4 is 5.32 Å². The summed E-state index contributed by atoms with van der Waals surface area (Å²) in [4.78, 5) is 43.5. The van der Waals surface area contributed by atoms with Gasteiger partial charge in [0, 0.05) is 5.69 Å².